The van der Waals surface area contributed by atoms with Gasteiger partial charge in [0.1, 0.15) is 5.75 Å². The average molecular weight is 293 g/mol. The normalized spacial score (nSPS) is 15.4. The maximum atomic E-state index is 11.7. The van der Waals surface area contributed by atoms with Crippen molar-refractivity contribution in [1.82, 2.24) is 0 Å². The summed E-state index contributed by atoms with van der Waals surface area (Å²) in [4.78, 5) is 11.7. The summed E-state index contributed by atoms with van der Waals surface area (Å²) in [5.74, 6) is 0.572. The monoisotopic (exact) mass is 293 g/mol. The number of esters is 1. The van der Waals surface area contributed by atoms with Crippen molar-refractivity contribution < 1.29 is 14.3 Å². The van der Waals surface area contributed by atoms with Crippen molar-refractivity contribution in [2.75, 3.05) is 7.11 Å². The SMILES string of the molecule is CCC(N)C(C)(CC(=O)OC)c1ccc(OC(C)C)cc1. The highest BCUT2D eigenvalue weighted by Crippen LogP contribution is 2.33. The molecule has 21 heavy (non-hydrogen) atoms. The molecule has 1 aromatic carbocycles. The summed E-state index contributed by atoms with van der Waals surface area (Å²) in [6.45, 7) is 8.01. The van der Waals surface area contributed by atoms with E-state index in [1.165, 1.54) is 7.11 Å². The Hall–Kier alpha value is -1.55. The van der Waals surface area contributed by atoms with Gasteiger partial charge in [-0.25, -0.2) is 0 Å². The van der Waals surface area contributed by atoms with Crippen LogP contribution in [-0.4, -0.2) is 25.2 Å². The van der Waals surface area contributed by atoms with E-state index in [0.717, 1.165) is 17.7 Å². The minimum Gasteiger partial charge on any atom is -0.491 e. The van der Waals surface area contributed by atoms with E-state index < -0.39 is 5.41 Å². The highest BCUT2D eigenvalue weighted by molar-refractivity contribution is 5.71. The Morgan fingerprint density at radius 2 is 1.86 bits per heavy atom. The van der Waals surface area contributed by atoms with Crippen molar-refractivity contribution in [3.63, 3.8) is 0 Å². The predicted molar refractivity (Wildman–Crippen MR) is 84.5 cm³/mol. The highest BCUT2D eigenvalue weighted by atomic mass is 16.5. The lowest BCUT2D eigenvalue weighted by Crippen LogP contribution is -2.44. The minimum absolute atomic E-state index is 0.117. The van der Waals surface area contributed by atoms with Gasteiger partial charge < -0.3 is 15.2 Å². The van der Waals surface area contributed by atoms with Gasteiger partial charge in [-0.2, -0.15) is 0 Å². The van der Waals surface area contributed by atoms with Crippen LogP contribution in [0.1, 0.15) is 46.1 Å². The molecule has 0 saturated carbocycles. The maximum Gasteiger partial charge on any atom is 0.306 e. The van der Waals surface area contributed by atoms with Gasteiger partial charge in [0.25, 0.3) is 0 Å². The average Bonchev–Trinajstić information content (AvgIpc) is 2.46. The van der Waals surface area contributed by atoms with Gasteiger partial charge in [0.15, 0.2) is 0 Å². The molecular formula is C17H27NO3. The van der Waals surface area contributed by atoms with Gasteiger partial charge in [-0.05, 0) is 38.0 Å². The van der Waals surface area contributed by atoms with Crippen molar-refractivity contribution in [3.8, 4) is 5.75 Å². The Bertz CT molecular complexity index is 456. The van der Waals surface area contributed by atoms with Crippen LogP contribution in [-0.2, 0) is 14.9 Å². The Labute approximate surface area is 127 Å². The van der Waals surface area contributed by atoms with Crippen molar-refractivity contribution in [3.05, 3.63) is 29.8 Å². The molecule has 118 valence electrons. The zero-order valence-corrected chi connectivity index (χ0v) is 13.7. The van der Waals surface area contributed by atoms with Crippen LogP contribution in [0.2, 0.25) is 0 Å². The molecule has 0 amide bonds. The van der Waals surface area contributed by atoms with Gasteiger partial charge in [0.05, 0.1) is 19.6 Å². The third-order valence-electron chi connectivity index (χ3n) is 3.88. The summed E-state index contributed by atoms with van der Waals surface area (Å²) in [6.07, 6.45) is 1.19. The van der Waals surface area contributed by atoms with Crippen molar-refractivity contribution in [2.45, 2.75) is 58.1 Å². The van der Waals surface area contributed by atoms with E-state index >= 15 is 0 Å². The van der Waals surface area contributed by atoms with Gasteiger partial charge in [-0.15, -0.1) is 0 Å². The fourth-order valence-electron chi connectivity index (χ4n) is 2.46. The topological polar surface area (TPSA) is 61.6 Å². The Morgan fingerprint density at radius 3 is 2.29 bits per heavy atom. The lowest BCUT2D eigenvalue weighted by Gasteiger charge is -2.35. The Kier molecular flexibility index (Phi) is 6.21. The number of carbonyl (C=O) groups is 1. The van der Waals surface area contributed by atoms with Crippen LogP contribution in [0.3, 0.4) is 0 Å². The molecule has 0 spiro atoms. The van der Waals surface area contributed by atoms with Crippen LogP contribution in [0.4, 0.5) is 0 Å². The molecule has 2 atom stereocenters. The molecule has 2 N–H and O–H groups in total. The molecule has 2 unspecified atom stereocenters. The summed E-state index contributed by atoms with van der Waals surface area (Å²) >= 11 is 0. The molecular weight excluding hydrogens is 266 g/mol. The molecule has 0 aliphatic rings. The molecule has 0 aliphatic heterocycles. The first-order valence-corrected chi connectivity index (χ1v) is 7.43. The minimum atomic E-state index is -0.446. The van der Waals surface area contributed by atoms with Gasteiger partial charge >= 0.3 is 5.97 Å². The molecule has 1 aromatic rings. The molecule has 0 bridgehead atoms. The fraction of sp³-hybridized carbons (Fsp3) is 0.588. The number of carbonyl (C=O) groups excluding carboxylic acids is 1. The first kappa shape index (κ1) is 17.5. The molecule has 0 radical (unpaired) electrons. The van der Waals surface area contributed by atoms with E-state index in [0.29, 0.717) is 0 Å². The number of ether oxygens (including phenoxy) is 2. The Balaban J connectivity index is 3.05. The summed E-state index contributed by atoms with van der Waals surface area (Å²) in [5, 5.41) is 0. The van der Waals surface area contributed by atoms with Crippen molar-refractivity contribution in [1.29, 1.82) is 0 Å². The van der Waals surface area contributed by atoms with Crippen LogP contribution in [0.5, 0.6) is 5.75 Å². The van der Waals surface area contributed by atoms with E-state index in [-0.39, 0.29) is 24.5 Å². The van der Waals surface area contributed by atoms with Gasteiger partial charge in [0, 0.05) is 11.5 Å². The van der Waals surface area contributed by atoms with E-state index in [1.807, 2.05) is 52.0 Å². The lowest BCUT2D eigenvalue weighted by molar-refractivity contribution is -0.142. The van der Waals surface area contributed by atoms with Crippen molar-refractivity contribution in [2.24, 2.45) is 5.73 Å². The zero-order valence-electron chi connectivity index (χ0n) is 13.7. The van der Waals surface area contributed by atoms with E-state index in [2.05, 4.69) is 0 Å². The van der Waals surface area contributed by atoms with Gasteiger partial charge in [0.2, 0.25) is 0 Å². The highest BCUT2D eigenvalue weighted by Gasteiger charge is 2.35. The summed E-state index contributed by atoms with van der Waals surface area (Å²) in [7, 11) is 1.40. The fourth-order valence-corrected chi connectivity index (χ4v) is 2.46. The second-order valence-corrected chi connectivity index (χ2v) is 5.88. The van der Waals surface area contributed by atoms with Crippen LogP contribution in [0, 0.1) is 0 Å². The standard InChI is InChI=1S/C17H27NO3/c1-6-15(18)17(4,11-16(19)20-5)13-7-9-14(10-8-13)21-12(2)3/h7-10,12,15H,6,11,18H2,1-5H3. The van der Waals surface area contributed by atoms with E-state index in [4.69, 9.17) is 15.2 Å². The first-order chi connectivity index (χ1) is 9.83. The van der Waals surface area contributed by atoms with Crippen LogP contribution in [0.15, 0.2) is 24.3 Å². The van der Waals surface area contributed by atoms with Crippen LogP contribution < -0.4 is 10.5 Å². The molecule has 4 heteroatoms. The Morgan fingerprint density at radius 1 is 1.29 bits per heavy atom. The zero-order chi connectivity index (χ0) is 16.0. The van der Waals surface area contributed by atoms with Gasteiger partial charge in [-0.1, -0.05) is 26.0 Å². The lowest BCUT2D eigenvalue weighted by atomic mass is 9.72. The number of hydrogen-bond acceptors (Lipinski definition) is 4. The third-order valence-corrected chi connectivity index (χ3v) is 3.88. The smallest absolute Gasteiger partial charge is 0.306 e. The number of methoxy groups -OCH3 is 1. The quantitative estimate of drug-likeness (QED) is 0.785. The third kappa shape index (κ3) is 4.46. The summed E-state index contributed by atoms with van der Waals surface area (Å²) in [6, 6.07) is 7.70. The predicted octanol–water partition coefficient (Wildman–Crippen LogP) is 3.03. The maximum absolute atomic E-state index is 11.7. The van der Waals surface area contributed by atoms with Crippen LogP contribution >= 0.6 is 0 Å². The molecule has 1 rings (SSSR count). The van der Waals surface area contributed by atoms with Crippen molar-refractivity contribution >= 4 is 5.97 Å². The van der Waals surface area contributed by atoms with Crippen LogP contribution in [0.25, 0.3) is 0 Å². The molecule has 4 nitrogen and oxygen atoms in total. The first-order valence-electron chi connectivity index (χ1n) is 7.43. The molecule has 0 aliphatic carbocycles. The summed E-state index contributed by atoms with van der Waals surface area (Å²) in [5.41, 5.74) is 6.85. The number of nitrogens with two attached hydrogens (primary N) is 1. The van der Waals surface area contributed by atoms with E-state index in [1.54, 1.807) is 0 Å². The molecule has 0 fully saturated rings. The molecule has 0 heterocycles. The van der Waals surface area contributed by atoms with Gasteiger partial charge in [-0.3, -0.25) is 4.79 Å². The van der Waals surface area contributed by atoms with E-state index in [9.17, 15) is 4.79 Å². The number of hydrogen-bond donors (Lipinski definition) is 1. The molecule has 0 aromatic heterocycles. The number of benzene rings is 1. The second kappa shape index (κ2) is 7.46. The second-order valence-electron chi connectivity index (χ2n) is 5.88. The summed E-state index contributed by atoms with van der Waals surface area (Å²) < 4.78 is 10.5. The largest absolute Gasteiger partial charge is 0.491 e. The number of rotatable bonds is 7. The molecule has 0 saturated heterocycles.